The summed E-state index contributed by atoms with van der Waals surface area (Å²) in [6.07, 6.45) is 1.52. The van der Waals surface area contributed by atoms with Crippen molar-refractivity contribution in [2.45, 2.75) is 46.0 Å². The van der Waals surface area contributed by atoms with E-state index in [1.807, 2.05) is 0 Å². The molecule has 0 saturated carbocycles. The summed E-state index contributed by atoms with van der Waals surface area (Å²) in [5.41, 5.74) is 3.58. The second-order valence-corrected chi connectivity index (χ2v) is 4.88. The lowest BCUT2D eigenvalue weighted by atomic mass is 9.88. The first kappa shape index (κ1) is 13.8. The Hall–Kier alpha value is -1.31. The number of benzene rings is 1. The first-order chi connectivity index (χ1) is 8.02. The Morgan fingerprint density at radius 1 is 1.29 bits per heavy atom. The van der Waals surface area contributed by atoms with Gasteiger partial charge in [-0.05, 0) is 29.9 Å². The molecular weight excluding hydrogens is 212 g/mol. The minimum atomic E-state index is 0.209. The highest BCUT2D eigenvalue weighted by atomic mass is 16.5. The molecule has 2 nitrogen and oxygen atoms in total. The largest absolute Gasteiger partial charge is 0.496 e. The third kappa shape index (κ3) is 2.87. The number of aryl methyl sites for hydroxylation is 1. The predicted octanol–water partition coefficient (Wildman–Crippen LogP) is 3.82. The highest BCUT2D eigenvalue weighted by molar-refractivity contribution is 5.55. The topological polar surface area (TPSA) is 26.3 Å². The Balaban J connectivity index is 3.34. The predicted molar refractivity (Wildman–Crippen MR) is 70.9 cm³/mol. The zero-order valence-electron chi connectivity index (χ0n) is 11.4. The molecule has 0 aliphatic carbocycles. The van der Waals surface area contributed by atoms with Gasteiger partial charge in [0.15, 0.2) is 0 Å². The molecule has 0 saturated heterocycles. The summed E-state index contributed by atoms with van der Waals surface area (Å²) < 4.78 is 5.57. The molecule has 0 N–H and O–H groups in total. The van der Waals surface area contributed by atoms with Crippen LogP contribution in [0.5, 0.6) is 5.75 Å². The molecular formula is C15H22O2. The number of methoxy groups -OCH3 is 1. The van der Waals surface area contributed by atoms with Gasteiger partial charge in [-0.3, -0.25) is 0 Å². The van der Waals surface area contributed by atoms with Crippen molar-refractivity contribution >= 4 is 6.29 Å². The number of aldehydes is 1. The minimum Gasteiger partial charge on any atom is -0.496 e. The van der Waals surface area contributed by atoms with E-state index in [-0.39, 0.29) is 5.92 Å². The molecule has 0 heterocycles. The molecule has 0 fully saturated rings. The van der Waals surface area contributed by atoms with Crippen LogP contribution in [-0.4, -0.2) is 13.4 Å². The van der Waals surface area contributed by atoms with E-state index in [2.05, 4.69) is 39.8 Å². The third-order valence-electron chi connectivity index (χ3n) is 3.21. The van der Waals surface area contributed by atoms with Crippen LogP contribution in [0.2, 0.25) is 0 Å². The SMILES string of the molecule is COc1c(C(C)C)ccc(C)c1C(C)CC=O. The van der Waals surface area contributed by atoms with Crippen molar-refractivity contribution in [3.63, 3.8) is 0 Å². The van der Waals surface area contributed by atoms with Gasteiger partial charge < -0.3 is 9.53 Å². The van der Waals surface area contributed by atoms with Gasteiger partial charge in [-0.15, -0.1) is 0 Å². The molecule has 0 aromatic heterocycles. The first-order valence-corrected chi connectivity index (χ1v) is 6.13. The normalized spacial score (nSPS) is 12.6. The molecule has 17 heavy (non-hydrogen) atoms. The van der Waals surface area contributed by atoms with Gasteiger partial charge in [-0.1, -0.05) is 32.9 Å². The monoisotopic (exact) mass is 234 g/mol. The van der Waals surface area contributed by atoms with Crippen LogP contribution in [0.1, 0.15) is 55.7 Å². The van der Waals surface area contributed by atoms with E-state index in [0.29, 0.717) is 12.3 Å². The molecule has 1 aromatic carbocycles. The molecule has 1 aromatic rings. The number of hydrogen-bond donors (Lipinski definition) is 0. The second-order valence-electron chi connectivity index (χ2n) is 4.88. The number of ether oxygens (including phenoxy) is 1. The summed E-state index contributed by atoms with van der Waals surface area (Å²) >= 11 is 0. The van der Waals surface area contributed by atoms with Gasteiger partial charge in [0.1, 0.15) is 12.0 Å². The zero-order valence-corrected chi connectivity index (χ0v) is 11.4. The summed E-state index contributed by atoms with van der Waals surface area (Å²) in [5.74, 6) is 1.59. The highest BCUT2D eigenvalue weighted by Crippen LogP contribution is 2.37. The van der Waals surface area contributed by atoms with E-state index < -0.39 is 0 Å². The highest BCUT2D eigenvalue weighted by Gasteiger charge is 2.18. The van der Waals surface area contributed by atoms with E-state index >= 15 is 0 Å². The van der Waals surface area contributed by atoms with Crippen molar-refractivity contribution in [2.24, 2.45) is 0 Å². The van der Waals surface area contributed by atoms with Crippen LogP contribution in [0.3, 0.4) is 0 Å². The maximum absolute atomic E-state index is 10.7. The lowest BCUT2D eigenvalue weighted by Gasteiger charge is -2.21. The Bertz CT molecular complexity index is 394. The van der Waals surface area contributed by atoms with E-state index in [9.17, 15) is 4.79 Å². The van der Waals surface area contributed by atoms with E-state index in [0.717, 1.165) is 12.0 Å². The van der Waals surface area contributed by atoms with Gasteiger partial charge in [-0.2, -0.15) is 0 Å². The van der Waals surface area contributed by atoms with Gasteiger partial charge >= 0.3 is 0 Å². The third-order valence-corrected chi connectivity index (χ3v) is 3.21. The van der Waals surface area contributed by atoms with Crippen LogP contribution in [-0.2, 0) is 4.79 Å². The van der Waals surface area contributed by atoms with Crippen molar-refractivity contribution in [3.8, 4) is 5.75 Å². The molecule has 0 radical (unpaired) electrons. The molecule has 1 atom stereocenters. The van der Waals surface area contributed by atoms with Crippen LogP contribution in [0.4, 0.5) is 0 Å². The lowest BCUT2D eigenvalue weighted by molar-refractivity contribution is -0.108. The van der Waals surface area contributed by atoms with E-state index in [1.54, 1.807) is 7.11 Å². The van der Waals surface area contributed by atoms with Crippen molar-refractivity contribution in [1.82, 2.24) is 0 Å². The van der Waals surface area contributed by atoms with Crippen LogP contribution < -0.4 is 4.74 Å². The molecule has 2 heteroatoms. The zero-order chi connectivity index (χ0) is 13.0. The fraction of sp³-hybridized carbons (Fsp3) is 0.533. The van der Waals surface area contributed by atoms with Crippen molar-refractivity contribution in [1.29, 1.82) is 0 Å². The summed E-state index contributed by atoms with van der Waals surface area (Å²) in [7, 11) is 1.71. The number of carbonyl (C=O) groups is 1. The van der Waals surface area contributed by atoms with Crippen LogP contribution in [0, 0.1) is 6.92 Å². The molecule has 0 aliphatic rings. The maximum Gasteiger partial charge on any atom is 0.126 e. The molecule has 0 amide bonds. The second kappa shape index (κ2) is 5.85. The van der Waals surface area contributed by atoms with Crippen molar-refractivity contribution < 1.29 is 9.53 Å². The fourth-order valence-electron chi connectivity index (χ4n) is 2.27. The van der Waals surface area contributed by atoms with Gasteiger partial charge in [0.25, 0.3) is 0 Å². The summed E-state index contributed by atoms with van der Waals surface area (Å²) in [6, 6.07) is 4.24. The average molecular weight is 234 g/mol. The van der Waals surface area contributed by atoms with Crippen LogP contribution in [0.25, 0.3) is 0 Å². The lowest BCUT2D eigenvalue weighted by Crippen LogP contribution is -2.05. The number of hydrogen-bond acceptors (Lipinski definition) is 2. The fourth-order valence-corrected chi connectivity index (χ4v) is 2.27. The van der Waals surface area contributed by atoms with Gasteiger partial charge in [-0.25, -0.2) is 0 Å². The molecule has 94 valence electrons. The Labute approximate surface area is 104 Å². The first-order valence-electron chi connectivity index (χ1n) is 6.13. The smallest absolute Gasteiger partial charge is 0.126 e. The molecule has 1 unspecified atom stereocenters. The maximum atomic E-state index is 10.7. The van der Waals surface area contributed by atoms with Gasteiger partial charge in [0.05, 0.1) is 7.11 Å². The van der Waals surface area contributed by atoms with E-state index in [4.69, 9.17) is 4.74 Å². The Kier molecular flexibility index (Phi) is 4.73. The standard InChI is InChI=1S/C15H22O2/c1-10(2)13-7-6-11(3)14(15(13)17-5)12(4)8-9-16/h6-7,9-10,12H,8H2,1-5H3. The Morgan fingerprint density at radius 2 is 1.94 bits per heavy atom. The number of rotatable bonds is 5. The summed E-state index contributed by atoms with van der Waals surface area (Å²) in [4.78, 5) is 10.7. The van der Waals surface area contributed by atoms with Crippen LogP contribution >= 0.6 is 0 Å². The van der Waals surface area contributed by atoms with Gasteiger partial charge in [0, 0.05) is 12.0 Å². The minimum absolute atomic E-state index is 0.209. The Morgan fingerprint density at radius 3 is 2.41 bits per heavy atom. The van der Waals surface area contributed by atoms with Crippen molar-refractivity contribution in [2.75, 3.05) is 7.11 Å². The van der Waals surface area contributed by atoms with E-state index in [1.165, 1.54) is 16.7 Å². The van der Waals surface area contributed by atoms with Crippen LogP contribution in [0.15, 0.2) is 12.1 Å². The molecule has 0 aliphatic heterocycles. The summed E-state index contributed by atoms with van der Waals surface area (Å²) in [5, 5.41) is 0. The van der Waals surface area contributed by atoms with Crippen molar-refractivity contribution in [3.05, 3.63) is 28.8 Å². The average Bonchev–Trinajstić information content (AvgIpc) is 2.28. The van der Waals surface area contributed by atoms with Gasteiger partial charge in [0.2, 0.25) is 0 Å². The number of carbonyl (C=O) groups excluding carboxylic acids is 1. The molecule has 1 rings (SSSR count). The molecule has 0 spiro atoms. The summed E-state index contributed by atoms with van der Waals surface area (Å²) in [6.45, 7) is 8.45. The molecule has 0 bridgehead atoms. The quantitative estimate of drug-likeness (QED) is 0.724.